The molecule has 6 nitrogen and oxygen atoms in total. The van der Waals surface area contributed by atoms with E-state index in [2.05, 4.69) is 20.6 Å². The lowest BCUT2D eigenvalue weighted by molar-refractivity contribution is 0.102. The van der Waals surface area contributed by atoms with Crippen LogP contribution >= 0.6 is 0 Å². The molecule has 138 valence electrons. The molecule has 0 atom stereocenters. The fourth-order valence-corrected chi connectivity index (χ4v) is 2.43. The molecule has 0 aliphatic carbocycles. The average molecular weight is 362 g/mol. The molecule has 1 amide bonds. The van der Waals surface area contributed by atoms with Gasteiger partial charge in [-0.3, -0.25) is 4.79 Å². The molecular formula is C21H22N4O2. The second-order valence-corrected chi connectivity index (χ2v) is 6.25. The number of nitrogens with zero attached hydrogens (tertiary/aromatic N) is 2. The topological polar surface area (TPSA) is 76.1 Å². The van der Waals surface area contributed by atoms with Crippen molar-refractivity contribution in [3.63, 3.8) is 0 Å². The SMILES string of the molecule is CC(C)Oc1ccccc1NC(=O)c1cnc(NCc2ccccc2)nc1. The Morgan fingerprint density at radius 2 is 1.67 bits per heavy atom. The summed E-state index contributed by atoms with van der Waals surface area (Å²) < 4.78 is 5.72. The second kappa shape index (κ2) is 8.80. The molecule has 3 rings (SSSR count). The molecule has 0 spiro atoms. The van der Waals surface area contributed by atoms with Crippen molar-refractivity contribution in [1.82, 2.24) is 9.97 Å². The minimum absolute atomic E-state index is 0.0151. The van der Waals surface area contributed by atoms with E-state index in [0.29, 0.717) is 29.5 Å². The predicted octanol–water partition coefficient (Wildman–Crippen LogP) is 4.13. The number of hydrogen-bond donors (Lipinski definition) is 2. The Kier molecular flexibility index (Phi) is 5.99. The van der Waals surface area contributed by atoms with Gasteiger partial charge in [-0.05, 0) is 31.5 Å². The zero-order chi connectivity index (χ0) is 19.1. The van der Waals surface area contributed by atoms with Gasteiger partial charge in [-0.15, -0.1) is 0 Å². The molecular weight excluding hydrogens is 340 g/mol. The molecule has 0 aliphatic heterocycles. The lowest BCUT2D eigenvalue weighted by Gasteiger charge is -2.14. The lowest BCUT2D eigenvalue weighted by Crippen LogP contribution is -2.15. The van der Waals surface area contributed by atoms with Crippen LogP contribution in [0.4, 0.5) is 11.6 Å². The van der Waals surface area contributed by atoms with Crippen LogP contribution in [0, 0.1) is 0 Å². The largest absolute Gasteiger partial charge is 0.489 e. The molecule has 27 heavy (non-hydrogen) atoms. The number of para-hydroxylation sites is 2. The normalized spacial score (nSPS) is 10.5. The number of rotatable bonds is 7. The zero-order valence-corrected chi connectivity index (χ0v) is 15.3. The standard InChI is InChI=1S/C21H22N4O2/c1-15(2)27-19-11-7-6-10-18(19)25-20(26)17-13-23-21(24-14-17)22-12-16-8-4-3-5-9-16/h3-11,13-15H,12H2,1-2H3,(H,25,26)(H,22,23,24). The van der Waals surface area contributed by atoms with Gasteiger partial charge < -0.3 is 15.4 Å². The summed E-state index contributed by atoms with van der Waals surface area (Å²) in [5.74, 6) is 0.811. The summed E-state index contributed by atoms with van der Waals surface area (Å²) in [6.07, 6.45) is 3.02. The summed E-state index contributed by atoms with van der Waals surface area (Å²) in [6.45, 7) is 4.49. The summed E-state index contributed by atoms with van der Waals surface area (Å²) in [5.41, 5.74) is 2.12. The van der Waals surface area contributed by atoms with Crippen molar-refractivity contribution in [2.75, 3.05) is 10.6 Å². The summed E-state index contributed by atoms with van der Waals surface area (Å²) in [5, 5.41) is 5.98. The summed E-state index contributed by atoms with van der Waals surface area (Å²) >= 11 is 0. The van der Waals surface area contributed by atoms with E-state index in [0.717, 1.165) is 5.56 Å². The van der Waals surface area contributed by atoms with Crippen LogP contribution in [0.15, 0.2) is 67.0 Å². The van der Waals surface area contributed by atoms with E-state index >= 15 is 0 Å². The highest BCUT2D eigenvalue weighted by molar-refractivity contribution is 6.04. The van der Waals surface area contributed by atoms with E-state index in [9.17, 15) is 4.79 Å². The summed E-state index contributed by atoms with van der Waals surface area (Å²) in [6, 6.07) is 17.3. The lowest BCUT2D eigenvalue weighted by atomic mass is 10.2. The van der Waals surface area contributed by atoms with Crippen LogP contribution in [0.25, 0.3) is 0 Å². The van der Waals surface area contributed by atoms with Gasteiger partial charge in [0.2, 0.25) is 5.95 Å². The average Bonchev–Trinajstić information content (AvgIpc) is 2.69. The minimum Gasteiger partial charge on any atom is -0.489 e. The van der Waals surface area contributed by atoms with E-state index in [1.807, 2.05) is 62.4 Å². The Balaban J connectivity index is 1.62. The molecule has 2 aromatic carbocycles. The molecule has 2 N–H and O–H groups in total. The van der Waals surface area contributed by atoms with Crippen molar-refractivity contribution in [1.29, 1.82) is 0 Å². The van der Waals surface area contributed by atoms with Gasteiger partial charge in [0, 0.05) is 18.9 Å². The van der Waals surface area contributed by atoms with Crippen molar-refractivity contribution in [3.05, 3.63) is 78.1 Å². The fraction of sp³-hybridized carbons (Fsp3) is 0.190. The number of hydrogen-bond acceptors (Lipinski definition) is 5. The van der Waals surface area contributed by atoms with Crippen molar-refractivity contribution in [3.8, 4) is 5.75 Å². The molecule has 6 heteroatoms. The van der Waals surface area contributed by atoms with Crippen LogP contribution in [0.5, 0.6) is 5.75 Å². The van der Waals surface area contributed by atoms with Gasteiger partial charge >= 0.3 is 0 Å². The highest BCUT2D eigenvalue weighted by Gasteiger charge is 2.11. The first-order chi connectivity index (χ1) is 13.1. The number of carbonyl (C=O) groups is 1. The minimum atomic E-state index is -0.288. The van der Waals surface area contributed by atoms with Crippen LogP contribution in [0.3, 0.4) is 0 Å². The zero-order valence-electron chi connectivity index (χ0n) is 15.3. The first-order valence-electron chi connectivity index (χ1n) is 8.78. The predicted molar refractivity (Wildman–Crippen MR) is 106 cm³/mol. The van der Waals surface area contributed by atoms with E-state index in [-0.39, 0.29) is 12.0 Å². The fourth-order valence-electron chi connectivity index (χ4n) is 2.43. The Hall–Kier alpha value is -3.41. The molecule has 0 bridgehead atoms. The summed E-state index contributed by atoms with van der Waals surface area (Å²) in [7, 11) is 0. The molecule has 3 aromatic rings. The Morgan fingerprint density at radius 3 is 2.37 bits per heavy atom. The van der Waals surface area contributed by atoms with Crippen molar-refractivity contribution in [2.45, 2.75) is 26.5 Å². The molecule has 1 aromatic heterocycles. The number of nitrogens with one attached hydrogen (secondary N) is 2. The quantitative estimate of drug-likeness (QED) is 0.661. The maximum absolute atomic E-state index is 12.5. The van der Waals surface area contributed by atoms with Gasteiger partial charge in [-0.25, -0.2) is 9.97 Å². The van der Waals surface area contributed by atoms with Gasteiger partial charge in [-0.1, -0.05) is 42.5 Å². The smallest absolute Gasteiger partial charge is 0.258 e. The molecule has 0 saturated heterocycles. The third-order valence-corrected chi connectivity index (χ3v) is 3.71. The molecule has 0 fully saturated rings. The number of ether oxygens (including phenoxy) is 1. The number of aromatic nitrogens is 2. The molecule has 1 heterocycles. The maximum Gasteiger partial charge on any atom is 0.258 e. The maximum atomic E-state index is 12.5. The van der Waals surface area contributed by atoms with E-state index in [1.54, 1.807) is 6.07 Å². The van der Waals surface area contributed by atoms with Gasteiger partial charge in [0.25, 0.3) is 5.91 Å². The van der Waals surface area contributed by atoms with Crippen LogP contribution in [0.1, 0.15) is 29.8 Å². The first-order valence-corrected chi connectivity index (χ1v) is 8.78. The van der Waals surface area contributed by atoms with Crippen molar-refractivity contribution in [2.24, 2.45) is 0 Å². The van der Waals surface area contributed by atoms with Crippen LogP contribution in [-0.2, 0) is 6.54 Å². The Bertz CT molecular complexity index is 880. The third-order valence-electron chi connectivity index (χ3n) is 3.71. The second-order valence-electron chi connectivity index (χ2n) is 6.25. The van der Waals surface area contributed by atoms with Crippen LogP contribution < -0.4 is 15.4 Å². The van der Waals surface area contributed by atoms with Gasteiger partial charge in [0.05, 0.1) is 17.4 Å². The number of carbonyl (C=O) groups excluding carboxylic acids is 1. The van der Waals surface area contributed by atoms with Gasteiger partial charge in [0.1, 0.15) is 5.75 Å². The monoisotopic (exact) mass is 362 g/mol. The highest BCUT2D eigenvalue weighted by Crippen LogP contribution is 2.25. The molecule has 0 radical (unpaired) electrons. The first kappa shape index (κ1) is 18.4. The van der Waals surface area contributed by atoms with Gasteiger partial charge in [0.15, 0.2) is 0 Å². The number of amides is 1. The van der Waals surface area contributed by atoms with Crippen molar-refractivity contribution < 1.29 is 9.53 Å². The molecule has 0 unspecified atom stereocenters. The van der Waals surface area contributed by atoms with Gasteiger partial charge in [-0.2, -0.15) is 0 Å². The van der Waals surface area contributed by atoms with E-state index in [4.69, 9.17) is 4.74 Å². The Morgan fingerprint density at radius 1 is 1.00 bits per heavy atom. The number of benzene rings is 2. The molecule has 0 aliphatic rings. The molecule has 0 saturated carbocycles. The van der Waals surface area contributed by atoms with Crippen LogP contribution in [-0.4, -0.2) is 22.0 Å². The van der Waals surface area contributed by atoms with E-state index < -0.39 is 0 Å². The van der Waals surface area contributed by atoms with Crippen LogP contribution in [0.2, 0.25) is 0 Å². The van der Waals surface area contributed by atoms with E-state index in [1.165, 1.54) is 12.4 Å². The van der Waals surface area contributed by atoms with Crippen molar-refractivity contribution >= 4 is 17.5 Å². The highest BCUT2D eigenvalue weighted by atomic mass is 16.5. The number of anilines is 2. The summed E-state index contributed by atoms with van der Waals surface area (Å²) in [4.78, 5) is 20.9. The Labute approximate surface area is 158 Å². The third kappa shape index (κ3) is 5.28.